The number of benzene rings is 3. The van der Waals surface area contributed by atoms with Gasteiger partial charge < -0.3 is 57.0 Å². The maximum Gasteiger partial charge on any atom is 0.308 e. The first-order valence-corrected chi connectivity index (χ1v) is 50.9. The minimum Gasteiger partial charge on any atom is -0.497 e. The molecule has 27 heteroatoms. The van der Waals surface area contributed by atoms with Crippen molar-refractivity contribution in [1.82, 2.24) is 0 Å². The van der Waals surface area contributed by atoms with E-state index in [1.807, 2.05) is 78.9 Å². The molecule has 1 aliphatic heterocycles. The van der Waals surface area contributed by atoms with E-state index in [2.05, 4.69) is 137 Å². The average Bonchev–Trinajstić information content (AvgIpc) is 3.94. The van der Waals surface area contributed by atoms with Crippen molar-refractivity contribution < 1.29 is 66.5 Å². The van der Waals surface area contributed by atoms with Crippen LogP contribution >= 0.6 is 91.4 Å². The first kappa shape index (κ1) is 81.1. The van der Waals surface area contributed by atoms with Gasteiger partial charge in [0.2, 0.25) is 0 Å². The molecule has 3 aromatic rings. The van der Waals surface area contributed by atoms with E-state index in [1.54, 1.807) is 21.1 Å². The van der Waals surface area contributed by atoms with Crippen LogP contribution in [-0.2, 0) is 60.1 Å². The predicted octanol–water partition coefficient (Wildman–Crippen LogP) is 16.3. The molecule has 14 nitrogen and oxygen atoms in total. The predicted molar refractivity (Wildman–Crippen MR) is 378 cm³/mol. The highest BCUT2D eigenvalue weighted by Crippen LogP contribution is 2.86. The first-order chi connectivity index (χ1) is 38.0. The first-order valence-electron chi connectivity index (χ1n) is 27.0. The third-order valence-electron chi connectivity index (χ3n) is 14.7. The fourth-order valence-electron chi connectivity index (χ4n) is 7.23. The SMILES string of the molecule is COC(=O)C[C@@H](CC[C@@](C)(O)[C@@H](O)COCc1ccc(OC)cc1)O[Si](C)(C)C(C)(C)C.COC(=O)C[C@@H](CC[C@@]1(C)O[C@@H](c2ccccc2)O[C@H]1COCc1ccc(OC)cc1)O[Si](C)(C)C(C)(C)C.PP(P)P(P)P.PPP(P)P. The fraction of sp³-hybridized carbons (Fsp3) is 0.636. The van der Waals surface area contributed by atoms with Gasteiger partial charge in [-0.25, -0.2) is 0 Å². The highest BCUT2D eigenvalue weighted by atomic mass is 33.0. The summed E-state index contributed by atoms with van der Waals surface area (Å²) < 4.78 is 58.0. The molecule has 0 spiro atoms. The third-order valence-corrected chi connectivity index (χ3v) is 57.0. The molecule has 3 aromatic carbocycles. The van der Waals surface area contributed by atoms with Crippen LogP contribution in [-0.4, -0.2) is 116 Å². The van der Waals surface area contributed by atoms with Crippen molar-refractivity contribution in [3.63, 3.8) is 0 Å². The Kier molecular flexibility index (Phi) is 39.6. The molecule has 8 unspecified atom stereocenters. The maximum atomic E-state index is 12.3. The van der Waals surface area contributed by atoms with Crippen LogP contribution in [0.1, 0.15) is 117 Å². The number of aliphatic hydroxyl groups is 2. The van der Waals surface area contributed by atoms with E-state index in [9.17, 15) is 19.8 Å². The highest BCUT2D eigenvalue weighted by molar-refractivity contribution is 8.92. The summed E-state index contributed by atoms with van der Waals surface area (Å²) in [5.74, 6) is 0.954. The largest absolute Gasteiger partial charge is 0.497 e. The van der Waals surface area contributed by atoms with Crippen molar-refractivity contribution in [3.8, 4) is 11.5 Å². The standard InChI is InChI=1S/C31H46O7Si.C24H42O7Si.H8P6.H7P5/c1-30(2,3)39(7,8)38-26(20-28(32)34-6)18-19-31(4)27(36-29(37-31)24-12-10-9-11-13-24)22-35-21-23-14-16-25(33-5)17-15-23;1-23(2,3)32(7,8)31-20(15-22(26)29-6)13-14-24(4,27)21(25)17-30-16-18-9-11-19(28-5)12-10-18;1-5(2)6(3)4;1-4-5(2)3/h9-17,26-27,29H,18-22H2,1-8H3;9-12,20-21,25,27H,13-17H2,1-8H3;1-4H2;4H,1-3H2/t26-,27+,29+,31-;20-,21+,24-;;/m11../s1. The Bertz CT molecular complexity index is 2220. The molecule has 0 aromatic heterocycles. The topological polar surface area (TPSA) is 167 Å². The average molecular weight is 1390 g/mol. The van der Waals surface area contributed by atoms with Crippen LogP contribution in [0.2, 0.25) is 36.3 Å². The summed E-state index contributed by atoms with van der Waals surface area (Å²) in [5.41, 5.74) is 0.942. The zero-order valence-corrected chi connectivity index (χ0v) is 65.4. The van der Waals surface area contributed by atoms with Gasteiger partial charge in [-0.2, -0.15) is 0 Å². The number of methoxy groups -OCH3 is 4. The van der Waals surface area contributed by atoms with Crippen molar-refractivity contribution in [2.45, 2.75) is 185 Å². The molecule has 0 radical (unpaired) electrons. The lowest BCUT2D eigenvalue weighted by Gasteiger charge is -2.40. The normalized spacial score (nSPS) is 18.5. The number of rotatable bonds is 28. The second-order valence-corrected chi connectivity index (χ2v) is 66.6. The molecule has 1 aliphatic rings. The molecule has 1 saturated heterocycles. The lowest BCUT2D eigenvalue weighted by molar-refractivity contribution is -0.144. The Labute approximate surface area is 517 Å². The van der Waals surface area contributed by atoms with Gasteiger partial charge in [0.25, 0.3) is 0 Å². The van der Waals surface area contributed by atoms with Gasteiger partial charge in [-0.3, -0.25) is 9.59 Å². The van der Waals surface area contributed by atoms with Gasteiger partial charge in [0.15, 0.2) is 22.9 Å². The highest BCUT2D eigenvalue weighted by Gasteiger charge is 2.48. The number of aliphatic hydroxyl groups excluding tert-OH is 1. The van der Waals surface area contributed by atoms with Gasteiger partial charge in [-0.1, -0.05) is 104 Å². The van der Waals surface area contributed by atoms with Gasteiger partial charge in [0, 0.05) is 5.56 Å². The summed E-state index contributed by atoms with van der Waals surface area (Å²) in [5, 5.41) is 21.4. The monoisotopic (exact) mass is 1380 g/mol. The number of carbonyl (C=O) groups is 2. The number of esters is 2. The summed E-state index contributed by atoms with van der Waals surface area (Å²) in [6.45, 7) is 27.0. The van der Waals surface area contributed by atoms with Crippen LogP contribution in [0.4, 0.5) is 0 Å². The molecule has 0 bridgehead atoms. The number of hydrogen-bond donors (Lipinski definition) is 2. The molecular weight excluding hydrogens is 1280 g/mol. The maximum absolute atomic E-state index is 12.3. The third kappa shape index (κ3) is 31.7. The molecule has 0 saturated carbocycles. The van der Waals surface area contributed by atoms with E-state index >= 15 is 0 Å². The molecule has 1 heterocycles. The van der Waals surface area contributed by atoms with Crippen LogP contribution in [0.15, 0.2) is 78.9 Å². The summed E-state index contributed by atoms with van der Waals surface area (Å²) in [7, 11) is 22.2. The summed E-state index contributed by atoms with van der Waals surface area (Å²) in [4.78, 5) is 24.2. The molecule has 1 fully saturated rings. The zero-order valence-electron chi connectivity index (χ0n) is 51.6. The number of hydrogen-bond acceptors (Lipinski definition) is 14. The van der Waals surface area contributed by atoms with Crippen molar-refractivity contribution in [2.75, 3.05) is 41.7 Å². The van der Waals surface area contributed by atoms with Crippen LogP contribution in [0, 0.1) is 0 Å². The van der Waals surface area contributed by atoms with Crippen LogP contribution < -0.4 is 9.47 Å². The molecule has 2 N–H and O–H groups in total. The van der Waals surface area contributed by atoms with Crippen molar-refractivity contribution in [2.24, 2.45) is 0 Å². The Balaban J connectivity index is 0.000000702. The van der Waals surface area contributed by atoms with E-state index in [0.717, 1.165) is 36.1 Å². The Morgan fingerprint density at radius 1 is 0.683 bits per heavy atom. The second kappa shape index (κ2) is 40.0. The fourth-order valence-corrected chi connectivity index (χ4v) is 10.0. The second-order valence-electron chi connectivity index (χ2n) is 23.3. The Morgan fingerprint density at radius 2 is 1.10 bits per heavy atom. The number of carbonyl (C=O) groups excluding carboxylic acids is 2. The molecule has 470 valence electrons. The van der Waals surface area contributed by atoms with Gasteiger partial charge in [-0.15, -0.1) is 62.5 Å². The van der Waals surface area contributed by atoms with E-state index in [0.29, 0.717) is 39.1 Å². The smallest absolute Gasteiger partial charge is 0.308 e. The van der Waals surface area contributed by atoms with Gasteiger partial charge in [0.1, 0.15) is 23.7 Å². The van der Waals surface area contributed by atoms with Crippen molar-refractivity contribution in [3.05, 3.63) is 95.6 Å². The van der Waals surface area contributed by atoms with Crippen LogP contribution in [0.3, 0.4) is 0 Å². The van der Waals surface area contributed by atoms with Crippen molar-refractivity contribution in [1.29, 1.82) is 0 Å². The summed E-state index contributed by atoms with van der Waals surface area (Å²) in [6, 6.07) is 25.2. The van der Waals surface area contributed by atoms with Gasteiger partial charge in [0.05, 0.1) is 91.1 Å². The Hall–Kier alpha value is 1.04. The molecule has 0 amide bonds. The lowest BCUT2D eigenvalue weighted by Crippen LogP contribution is -2.46. The summed E-state index contributed by atoms with van der Waals surface area (Å²) >= 11 is 0. The molecule has 15 atom stereocenters. The van der Waals surface area contributed by atoms with E-state index < -0.39 is 40.2 Å². The molecule has 4 rings (SSSR count). The molecule has 82 heavy (non-hydrogen) atoms. The molecule has 0 aliphatic carbocycles. The zero-order chi connectivity index (χ0) is 62.7. The van der Waals surface area contributed by atoms with Crippen LogP contribution in [0.5, 0.6) is 11.5 Å². The van der Waals surface area contributed by atoms with Crippen molar-refractivity contribution >= 4 is 120 Å². The minimum absolute atomic E-state index is 0.0101. The number of ether oxygens (including phenoxy) is 8. The van der Waals surface area contributed by atoms with E-state index in [-0.39, 0.29) is 87.2 Å². The van der Waals surface area contributed by atoms with E-state index in [1.165, 1.54) is 14.2 Å². The van der Waals surface area contributed by atoms with Crippen LogP contribution in [0.25, 0.3) is 0 Å². The summed E-state index contributed by atoms with van der Waals surface area (Å²) in [6.07, 6.45) is -0.241. The Morgan fingerprint density at radius 3 is 1.48 bits per heavy atom. The lowest BCUT2D eigenvalue weighted by atomic mass is 9.91. The molecular formula is C55H103O14P11Si2. The quantitative estimate of drug-likeness (QED) is 0.0400. The van der Waals surface area contributed by atoms with Gasteiger partial charge in [-0.05, 0) is 132 Å². The minimum atomic E-state index is -2.12. The van der Waals surface area contributed by atoms with Gasteiger partial charge >= 0.3 is 11.9 Å². The van der Waals surface area contributed by atoms with E-state index in [4.69, 9.17) is 46.7 Å².